The third-order valence-electron chi connectivity index (χ3n) is 1.68. The number of rotatable bonds is 6. The number of hydrogen-bond donors (Lipinski definition) is 2. The van der Waals surface area contributed by atoms with E-state index in [1.54, 1.807) is 0 Å². The van der Waals surface area contributed by atoms with Gasteiger partial charge in [0, 0.05) is 13.2 Å². The Morgan fingerprint density at radius 1 is 1.29 bits per heavy atom. The first-order valence-corrected chi connectivity index (χ1v) is 5.90. The third-order valence-corrected chi connectivity index (χ3v) is 2.07. The number of ether oxygens (including phenoxy) is 2. The number of hydrogen-bond acceptors (Lipinski definition) is 6. The topological polar surface area (TPSA) is 102 Å². The van der Waals surface area contributed by atoms with Crippen LogP contribution in [-0.2, 0) is 15.1 Å². The molecule has 1 rings (SSSR count). The lowest BCUT2D eigenvalue weighted by atomic mass is 10.3. The molecule has 2 N–H and O–H groups in total. The monoisotopic (exact) mass is 264 g/mol. The second kappa shape index (κ2) is 5.71. The van der Waals surface area contributed by atoms with E-state index in [1.165, 1.54) is 19.2 Å². The van der Waals surface area contributed by atoms with E-state index in [9.17, 15) is 13.5 Å². The van der Waals surface area contributed by atoms with Crippen molar-refractivity contribution in [3.8, 4) is 17.2 Å². The van der Waals surface area contributed by atoms with Gasteiger partial charge in [0.25, 0.3) is 0 Å². The summed E-state index contributed by atoms with van der Waals surface area (Å²) in [5.74, 6) is -0.567. The van der Waals surface area contributed by atoms with Gasteiger partial charge >= 0.3 is 10.4 Å². The lowest BCUT2D eigenvalue weighted by Crippen LogP contribution is -2.07. The van der Waals surface area contributed by atoms with Crippen LogP contribution in [0, 0.1) is 0 Å². The highest BCUT2D eigenvalue weighted by Gasteiger charge is 2.12. The zero-order valence-electron chi connectivity index (χ0n) is 8.99. The maximum Gasteiger partial charge on any atom is 0.446 e. The van der Waals surface area contributed by atoms with E-state index < -0.39 is 21.9 Å². The molecule has 0 radical (unpaired) electrons. The van der Waals surface area contributed by atoms with Crippen molar-refractivity contribution in [1.29, 1.82) is 0 Å². The Morgan fingerprint density at radius 3 is 2.59 bits per heavy atom. The van der Waals surface area contributed by atoms with E-state index in [0.29, 0.717) is 6.61 Å². The van der Waals surface area contributed by atoms with Crippen LogP contribution < -0.4 is 8.92 Å². The molecule has 0 aliphatic rings. The van der Waals surface area contributed by atoms with E-state index in [4.69, 9.17) is 14.0 Å². The molecule has 0 heterocycles. The minimum atomic E-state index is -4.68. The van der Waals surface area contributed by atoms with Gasteiger partial charge in [-0.25, -0.2) is 0 Å². The molecule has 0 fully saturated rings. The van der Waals surface area contributed by atoms with E-state index in [0.717, 1.165) is 6.07 Å². The molecule has 96 valence electrons. The minimum Gasteiger partial charge on any atom is -0.504 e. The molecule has 0 unspecified atom stereocenters. The molecule has 0 aromatic heterocycles. The summed E-state index contributed by atoms with van der Waals surface area (Å²) < 4.78 is 43.5. The summed E-state index contributed by atoms with van der Waals surface area (Å²) >= 11 is 0. The van der Waals surface area contributed by atoms with Crippen molar-refractivity contribution >= 4 is 10.4 Å². The predicted molar refractivity (Wildman–Crippen MR) is 57.7 cm³/mol. The van der Waals surface area contributed by atoms with Crippen LogP contribution in [-0.4, -0.2) is 38.4 Å². The molecule has 0 aliphatic heterocycles. The van der Waals surface area contributed by atoms with Gasteiger partial charge in [0.15, 0.2) is 11.5 Å². The molecule has 0 saturated carbocycles. The van der Waals surface area contributed by atoms with E-state index in [2.05, 4.69) is 4.18 Å². The average Bonchev–Trinajstić information content (AvgIpc) is 2.21. The van der Waals surface area contributed by atoms with Crippen molar-refractivity contribution in [2.24, 2.45) is 0 Å². The van der Waals surface area contributed by atoms with Crippen molar-refractivity contribution in [2.45, 2.75) is 0 Å². The number of benzene rings is 1. The van der Waals surface area contributed by atoms with Crippen LogP contribution >= 0.6 is 0 Å². The normalized spacial score (nSPS) is 11.2. The third kappa shape index (κ3) is 4.89. The van der Waals surface area contributed by atoms with Crippen LogP contribution in [0.2, 0.25) is 0 Å². The van der Waals surface area contributed by atoms with Crippen LogP contribution in [0.5, 0.6) is 17.2 Å². The van der Waals surface area contributed by atoms with Gasteiger partial charge in [0.2, 0.25) is 0 Å². The first-order chi connectivity index (χ1) is 7.92. The molecule has 0 amide bonds. The Bertz CT molecular complexity index is 468. The first kappa shape index (κ1) is 13.6. The molecule has 0 spiro atoms. The van der Waals surface area contributed by atoms with E-state index >= 15 is 0 Å². The van der Waals surface area contributed by atoms with Crippen molar-refractivity contribution in [3.63, 3.8) is 0 Å². The molecular formula is C9H12O7S. The van der Waals surface area contributed by atoms with Gasteiger partial charge in [-0.05, 0) is 12.1 Å². The van der Waals surface area contributed by atoms with Gasteiger partial charge in [-0.2, -0.15) is 8.42 Å². The fourth-order valence-corrected chi connectivity index (χ4v) is 1.37. The molecule has 1 aromatic rings. The van der Waals surface area contributed by atoms with Crippen LogP contribution in [0.4, 0.5) is 0 Å². The molecule has 1 aromatic carbocycles. The number of methoxy groups -OCH3 is 1. The predicted octanol–water partition coefficient (Wildman–Crippen LogP) is 0.599. The van der Waals surface area contributed by atoms with Crippen molar-refractivity contribution in [2.75, 3.05) is 20.3 Å². The molecular weight excluding hydrogens is 252 g/mol. The maximum atomic E-state index is 10.5. The Balaban J connectivity index is 2.79. The van der Waals surface area contributed by atoms with Gasteiger partial charge in [0.05, 0.1) is 6.61 Å². The van der Waals surface area contributed by atoms with Crippen molar-refractivity contribution in [1.82, 2.24) is 0 Å². The van der Waals surface area contributed by atoms with Gasteiger partial charge in [-0.1, -0.05) is 0 Å². The van der Waals surface area contributed by atoms with Gasteiger partial charge in [-0.15, -0.1) is 0 Å². The molecule has 17 heavy (non-hydrogen) atoms. The maximum absolute atomic E-state index is 10.5. The van der Waals surface area contributed by atoms with Crippen molar-refractivity contribution in [3.05, 3.63) is 18.2 Å². The first-order valence-electron chi connectivity index (χ1n) is 4.54. The Labute approximate surface area is 98.5 Å². The highest BCUT2D eigenvalue weighted by atomic mass is 32.3. The zero-order chi connectivity index (χ0) is 12.9. The van der Waals surface area contributed by atoms with Crippen LogP contribution in [0.15, 0.2) is 18.2 Å². The standard InChI is InChI=1S/C9H12O7S/c1-14-4-5-15-7-2-3-8(10)9(6-7)16-17(11,12)13/h2-3,6,10H,4-5H2,1H3,(H,11,12,13). The van der Waals surface area contributed by atoms with E-state index in [1.807, 2.05) is 0 Å². The zero-order valence-corrected chi connectivity index (χ0v) is 9.81. The Morgan fingerprint density at radius 2 is 2.00 bits per heavy atom. The molecule has 0 atom stereocenters. The highest BCUT2D eigenvalue weighted by molar-refractivity contribution is 7.81. The lowest BCUT2D eigenvalue weighted by Gasteiger charge is -2.08. The lowest BCUT2D eigenvalue weighted by molar-refractivity contribution is 0.146. The Hall–Kier alpha value is -1.51. The summed E-state index contributed by atoms with van der Waals surface area (Å²) in [5, 5.41) is 9.29. The molecule has 0 saturated heterocycles. The second-order valence-corrected chi connectivity index (χ2v) is 4.00. The van der Waals surface area contributed by atoms with Crippen LogP contribution in [0.1, 0.15) is 0 Å². The molecule has 0 bridgehead atoms. The largest absolute Gasteiger partial charge is 0.504 e. The van der Waals surface area contributed by atoms with Crippen molar-refractivity contribution < 1.29 is 31.7 Å². The number of aromatic hydroxyl groups is 1. The SMILES string of the molecule is COCCOc1ccc(O)c(OS(=O)(=O)O)c1. The number of phenols is 1. The molecule has 7 nitrogen and oxygen atoms in total. The van der Waals surface area contributed by atoms with Gasteiger partial charge in [-0.3, -0.25) is 4.55 Å². The average molecular weight is 264 g/mol. The fraction of sp³-hybridized carbons (Fsp3) is 0.333. The van der Waals surface area contributed by atoms with Crippen LogP contribution in [0.3, 0.4) is 0 Å². The molecule has 8 heteroatoms. The summed E-state index contributed by atoms with van der Waals surface area (Å²) in [6, 6.07) is 3.74. The second-order valence-electron chi connectivity index (χ2n) is 2.98. The summed E-state index contributed by atoms with van der Waals surface area (Å²) in [5.41, 5.74) is 0. The smallest absolute Gasteiger partial charge is 0.446 e. The fourth-order valence-electron chi connectivity index (χ4n) is 1.01. The Kier molecular flexibility index (Phi) is 4.55. The summed E-state index contributed by atoms with van der Waals surface area (Å²) in [4.78, 5) is 0. The number of phenolic OH excluding ortho intramolecular Hbond substituents is 1. The van der Waals surface area contributed by atoms with Crippen LogP contribution in [0.25, 0.3) is 0 Å². The van der Waals surface area contributed by atoms with Gasteiger partial charge in [0.1, 0.15) is 12.4 Å². The summed E-state index contributed by atoms with van der Waals surface area (Å²) in [6.45, 7) is 0.613. The van der Waals surface area contributed by atoms with E-state index in [-0.39, 0.29) is 12.4 Å². The highest BCUT2D eigenvalue weighted by Crippen LogP contribution is 2.31. The minimum absolute atomic E-state index is 0.257. The quantitative estimate of drug-likeness (QED) is 0.572. The van der Waals surface area contributed by atoms with Gasteiger partial charge < -0.3 is 18.8 Å². The molecule has 0 aliphatic carbocycles. The summed E-state index contributed by atoms with van der Waals surface area (Å²) in [7, 11) is -3.17. The summed E-state index contributed by atoms with van der Waals surface area (Å²) in [6.07, 6.45) is 0.